The Labute approximate surface area is 170 Å². The minimum Gasteiger partial charge on any atom is -0.487 e. The molecule has 0 saturated carbocycles. The van der Waals surface area contributed by atoms with Crippen molar-refractivity contribution in [3.63, 3.8) is 0 Å². The number of ether oxygens (including phenoxy) is 1. The minimum atomic E-state index is -0.0658. The Hall–Kier alpha value is -2.90. The summed E-state index contributed by atoms with van der Waals surface area (Å²) in [4.78, 5) is 20.3. The van der Waals surface area contributed by atoms with Crippen LogP contribution >= 0.6 is 22.7 Å². The number of rotatable bonds is 8. The van der Waals surface area contributed by atoms with E-state index in [-0.39, 0.29) is 5.91 Å². The first kappa shape index (κ1) is 18.5. The van der Waals surface area contributed by atoms with Gasteiger partial charge in [-0.15, -0.1) is 22.7 Å². The molecule has 0 aliphatic heterocycles. The molecular weight excluding hydrogens is 392 g/mol. The van der Waals surface area contributed by atoms with Gasteiger partial charge in [0.1, 0.15) is 18.1 Å². The van der Waals surface area contributed by atoms with E-state index in [0.29, 0.717) is 31.0 Å². The Kier molecular flexibility index (Phi) is 5.84. The van der Waals surface area contributed by atoms with Gasteiger partial charge in [-0.05, 0) is 41.8 Å². The van der Waals surface area contributed by atoms with Crippen LogP contribution < -0.4 is 4.74 Å². The second kappa shape index (κ2) is 8.86. The summed E-state index contributed by atoms with van der Waals surface area (Å²) in [6.45, 7) is 1.32. The van der Waals surface area contributed by atoms with E-state index in [1.807, 2.05) is 53.2 Å². The maximum absolute atomic E-state index is 13.2. The lowest BCUT2D eigenvalue weighted by Gasteiger charge is -2.21. The SMILES string of the molecule is O=C(c1cccc(OCc2cscn2)c1)N(Cc1ccco1)Cc1cccs1. The summed E-state index contributed by atoms with van der Waals surface area (Å²) in [6, 6.07) is 15.0. The van der Waals surface area contributed by atoms with Crippen molar-refractivity contribution in [1.82, 2.24) is 9.88 Å². The first-order chi connectivity index (χ1) is 13.8. The van der Waals surface area contributed by atoms with Gasteiger partial charge in [-0.3, -0.25) is 4.79 Å². The first-order valence-electron chi connectivity index (χ1n) is 8.72. The molecule has 1 aromatic carbocycles. The Bertz CT molecular complexity index is 960. The molecule has 4 rings (SSSR count). The molecule has 0 radical (unpaired) electrons. The lowest BCUT2D eigenvalue weighted by atomic mass is 10.1. The van der Waals surface area contributed by atoms with E-state index >= 15 is 0 Å². The van der Waals surface area contributed by atoms with Gasteiger partial charge in [-0.2, -0.15) is 0 Å². The van der Waals surface area contributed by atoms with E-state index in [9.17, 15) is 4.79 Å². The zero-order valence-electron chi connectivity index (χ0n) is 15.0. The van der Waals surface area contributed by atoms with Crippen LogP contribution in [-0.4, -0.2) is 15.8 Å². The number of carbonyl (C=O) groups excluding carboxylic acids is 1. The molecule has 1 amide bonds. The summed E-state index contributed by atoms with van der Waals surface area (Å²) in [5, 5.41) is 3.96. The van der Waals surface area contributed by atoms with E-state index in [2.05, 4.69) is 4.98 Å². The molecule has 28 heavy (non-hydrogen) atoms. The number of nitrogens with zero attached hydrogens (tertiary/aromatic N) is 2. The van der Waals surface area contributed by atoms with Gasteiger partial charge in [-0.25, -0.2) is 4.98 Å². The summed E-state index contributed by atoms with van der Waals surface area (Å²) in [5.41, 5.74) is 3.23. The quantitative estimate of drug-likeness (QED) is 0.400. The van der Waals surface area contributed by atoms with E-state index < -0.39 is 0 Å². The fourth-order valence-electron chi connectivity index (χ4n) is 2.75. The van der Waals surface area contributed by atoms with Crippen molar-refractivity contribution in [2.75, 3.05) is 0 Å². The highest BCUT2D eigenvalue weighted by atomic mass is 32.1. The molecule has 0 unspecified atom stereocenters. The van der Waals surface area contributed by atoms with Crippen LogP contribution in [-0.2, 0) is 19.7 Å². The average Bonchev–Trinajstić information content (AvgIpc) is 3.49. The van der Waals surface area contributed by atoms with Gasteiger partial charge in [0.25, 0.3) is 5.91 Å². The highest BCUT2D eigenvalue weighted by Crippen LogP contribution is 2.21. The number of amides is 1. The van der Waals surface area contributed by atoms with Crippen molar-refractivity contribution in [3.8, 4) is 5.75 Å². The van der Waals surface area contributed by atoms with Crippen LogP contribution in [0.15, 0.2) is 75.5 Å². The standard InChI is InChI=1S/C21H18N2O3S2/c24-21(16-4-1-5-18(10-16)26-13-17-14-27-15-22-17)23(11-19-6-2-8-25-19)12-20-7-3-9-28-20/h1-10,14-15H,11-13H2. The molecular formula is C21H18N2O3S2. The number of carbonyl (C=O) groups is 1. The molecule has 3 aromatic heterocycles. The zero-order chi connectivity index (χ0) is 19.2. The van der Waals surface area contributed by atoms with Crippen LogP contribution in [0.1, 0.15) is 26.7 Å². The van der Waals surface area contributed by atoms with Gasteiger partial charge < -0.3 is 14.1 Å². The third kappa shape index (κ3) is 4.68. The molecule has 0 saturated heterocycles. The summed E-state index contributed by atoms with van der Waals surface area (Å²) >= 11 is 3.16. The fraction of sp³-hybridized carbons (Fsp3) is 0.143. The molecule has 7 heteroatoms. The Morgan fingerprint density at radius 2 is 2.11 bits per heavy atom. The van der Waals surface area contributed by atoms with Crippen molar-refractivity contribution in [2.45, 2.75) is 19.7 Å². The molecule has 0 N–H and O–H groups in total. The number of thiazole rings is 1. The Morgan fingerprint density at radius 1 is 1.14 bits per heavy atom. The van der Waals surface area contributed by atoms with Crippen molar-refractivity contribution in [3.05, 3.63) is 93.0 Å². The van der Waals surface area contributed by atoms with Crippen LogP contribution in [0.4, 0.5) is 0 Å². The summed E-state index contributed by atoms with van der Waals surface area (Å²) in [6.07, 6.45) is 1.62. The molecule has 3 heterocycles. The average molecular weight is 411 g/mol. The summed E-state index contributed by atoms with van der Waals surface area (Å²) < 4.78 is 11.2. The molecule has 0 spiro atoms. The smallest absolute Gasteiger partial charge is 0.254 e. The second-order valence-electron chi connectivity index (χ2n) is 6.12. The zero-order valence-corrected chi connectivity index (χ0v) is 16.6. The van der Waals surface area contributed by atoms with E-state index in [1.54, 1.807) is 34.1 Å². The molecule has 142 valence electrons. The Morgan fingerprint density at radius 3 is 2.86 bits per heavy atom. The highest BCUT2D eigenvalue weighted by molar-refractivity contribution is 7.09. The predicted octanol–water partition coefficient (Wildman–Crippen LogP) is 5.22. The van der Waals surface area contributed by atoms with E-state index in [0.717, 1.165) is 16.3 Å². The number of thiophene rings is 1. The van der Waals surface area contributed by atoms with E-state index in [1.165, 1.54) is 11.3 Å². The number of hydrogen-bond acceptors (Lipinski definition) is 6. The summed E-state index contributed by atoms with van der Waals surface area (Å²) in [5.74, 6) is 1.33. The highest BCUT2D eigenvalue weighted by Gasteiger charge is 2.19. The van der Waals surface area contributed by atoms with Gasteiger partial charge in [0.15, 0.2) is 0 Å². The number of benzene rings is 1. The molecule has 0 atom stereocenters. The second-order valence-corrected chi connectivity index (χ2v) is 7.87. The third-order valence-corrected chi connectivity index (χ3v) is 5.59. The maximum atomic E-state index is 13.2. The van der Waals surface area contributed by atoms with Crippen LogP contribution in [0, 0.1) is 0 Å². The van der Waals surface area contributed by atoms with Crippen LogP contribution in [0.2, 0.25) is 0 Å². The Balaban J connectivity index is 1.51. The number of furan rings is 1. The molecule has 0 fully saturated rings. The van der Waals surface area contributed by atoms with Crippen molar-refractivity contribution in [1.29, 1.82) is 0 Å². The lowest BCUT2D eigenvalue weighted by molar-refractivity contribution is 0.0719. The predicted molar refractivity (Wildman–Crippen MR) is 109 cm³/mol. The normalized spacial score (nSPS) is 10.7. The van der Waals surface area contributed by atoms with Gasteiger partial charge in [0.2, 0.25) is 0 Å². The minimum absolute atomic E-state index is 0.0658. The van der Waals surface area contributed by atoms with Crippen LogP contribution in [0.3, 0.4) is 0 Å². The molecule has 0 bridgehead atoms. The monoisotopic (exact) mass is 410 g/mol. The lowest BCUT2D eigenvalue weighted by Crippen LogP contribution is -2.29. The molecule has 0 aliphatic rings. The fourth-order valence-corrected chi connectivity index (χ4v) is 4.01. The number of aromatic nitrogens is 1. The van der Waals surface area contributed by atoms with Crippen molar-refractivity contribution in [2.24, 2.45) is 0 Å². The molecule has 0 aliphatic carbocycles. The number of hydrogen-bond donors (Lipinski definition) is 0. The van der Waals surface area contributed by atoms with Crippen molar-refractivity contribution >= 4 is 28.6 Å². The van der Waals surface area contributed by atoms with Crippen molar-refractivity contribution < 1.29 is 13.9 Å². The van der Waals surface area contributed by atoms with Gasteiger partial charge in [0, 0.05) is 15.8 Å². The van der Waals surface area contributed by atoms with Crippen LogP contribution in [0.25, 0.3) is 0 Å². The van der Waals surface area contributed by atoms with Gasteiger partial charge >= 0.3 is 0 Å². The topological polar surface area (TPSA) is 55.6 Å². The summed E-state index contributed by atoms with van der Waals surface area (Å²) in [7, 11) is 0. The maximum Gasteiger partial charge on any atom is 0.254 e. The molecule has 4 aromatic rings. The van der Waals surface area contributed by atoms with Crippen LogP contribution in [0.5, 0.6) is 5.75 Å². The largest absolute Gasteiger partial charge is 0.487 e. The third-order valence-electron chi connectivity index (χ3n) is 4.09. The first-order valence-corrected chi connectivity index (χ1v) is 10.5. The molecule has 5 nitrogen and oxygen atoms in total. The van der Waals surface area contributed by atoms with E-state index in [4.69, 9.17) is 9.15 Å². The van der Waals surface area contributed by atoms with Gasteiger partial charge in [0.05, 0.1) is 30.6 Å². The van der Waals surface area contributed by atoms with Gasteiger partial charge in [-0.1, -0.05) is 12.1 Å².